The molecule has 0 heterocycles. The highest BCUT2D eigenvalue weighted by Gasteiger charge is 2.55. The van der Waals surface area contributed by atoms with Crippen molar-refractivity contribution in [2.24, 2.45) is 23.0 Å². The molecule has 1 aliphatic rings. The number of benzene rings is 1. The first-order valence-corrected chi connectivity index (χ1v) is 5.40. The maximum atomic E-state index is 5.75. The van der Waals surface area contributed by atoms with Gasteiger partial charge in [-0.15, -0.1) is 0 Å². The Balaban J connectivity index is 2.01. The highest BCUT2D eigenvalue weighted by atomic mass is 14.7. The largest absolute Gasteiger partial charge is 0.330 e. The van der Waals surface area contributed by atoms with Crippen molar-refractivity contribution in [1.82, 2.24) is 0 Å². The van der Waals surface area contributed by atoms with Crippen molar-refractivity contribution in [1.29, 1.82) is 0 Å². The van der Waals surface area contributed by atoms with E-state index >= 15 is 0 Å². The molecule has 2 atom stereocenters. The summed E-state index contributed by atoms with van der Waals surface area (Å²) in [6.07, 6.45) is 1.19. The summed E-state index contributed by atoms with van der Waals surface area (Å²) in [4.78, 5) is 0. The van der Waals surface area contributed by atoms with E-state index in [4.69, 9.17) is 5.73 Å². The second kappa shape index (κ2) is 3.39. The van der Waals surface area contributed by atoms with Gasteiger partial charge in [0.15, 0.2) is 0 Å². The Morgan fingerprint density at radius 2 is 1.79 bits per heavy atom. The fourth-order valence-electron chi connectivity index (χ4n) is 2.60. The molecule has 14 heavy (non-hydrogen) atoms. The lowest BCUT2D eigenvalue weighted by Gasteiger charge is -2.02. The van der Waals surface area contributed by atoms with Gasteiger partial charge in [-0.2, -0.15) is 0 Å². The van der Waals surface area contributed by atoms with Gasteiger partial charge in [-0.1, -0.05) is 44.2 Å². The Kier molecular flexibility index (Phi) is 2.36. The second-order valence-corrected chi connectivity index (χ2v) is 4.96. The standard InChI is InChI=1S/C13H19N/c1-13(2)11(12(13)9-14)8-10-6-4-3-5-7-10/h3-7,11-12H,8-9,14H2,1-2H3. The van der Waals surface area contributed by atoms with E-state index in [1.807, 2.05) is 0 Å². The average Bonchev–Trinajstić information content (AvgIpc) is 2.69. The summed E-state index contributed by atoms with van der Waals surface area (Å²) in [5.74, 6) is 1.51. The molecule has 0 spiro atoms. The van der Waals surface area contributed by atoms with Crippen LogP contribution in [-0.2, 0) is 6.42 Å². The molecule has 1 heteroatoms. The molecule has 1 saturated carbocycles. The predicted octanol–water partition coefficient (Wildman–Crippen LogP) is 2.46. The Hall–Kier alpha value is -0.820. The van der Waals surface area contributed by atoms with Crippen LogP contribution in [0.1, 0.15) is 19.4 Å². The molecule has 0 amide bonds. The smallest absolute Gasteiger partial charge is 0.00407 e. The third-order valence-corrected chi connectivity index (χ3v) is 3.84. The van der Waals surface area contributed by atoms with Gasteiger partial charge >= 0.3 is 0 Å². The summed E-state index contributed by atoms with van der Waals surface area (Å²) < 4.78 is 0. The number of nitrogens with two attached hydrogens (primary N) is 1. The molecule has 0 aliphatic heterocycles. The Morgan fingerprint density at radius 3 is 2.29 bits per heavy atom. The van der Waals surface area contributed by atoms with E-state index in [-0.39, 0.29) is 0 Å². The molecule has 2 rings (SSSR count). The zero-order chi connectivity index (χ0) is 10.2. The lowest BCUT2D eigenvalue weighted by molar-refractivity contribution is 0.536. The van der Waals surface area contributed by atoms with Gasteiger partial charge in [0, 0.05) is 0 Å². The van der Waals surface area contributed by atoms with Gasteiger partial charge in [-0.25, -0.2) is 0 Å². The van der Waals surface area contributed by atoms with Crippen LogP contribution in [-0.4, -0.2) is 6.54 Å². The lowest BCUT2D eigenvalue weighted by Crippen LogP contribution is -2.05. The fourth-order valence-corrected chi connectivity index (χ4v) is 2.60. The molecular weight excluding hydrogens is 170 g/mol. The molecule has 0 aromatic heterocycles. The molecule has 0 bridgehead atoms. The Labute approximate surface area is 86.3 Å². The summed E-state index contributed by atoms with van der Waals surface area (Å²) in [5.41, 5.74) is 7.66. The normalized spacial score (nSPS) is 28.8. The van der Waals surface area contributed by atoms with Crippen LogP contribution in [0.25, 0.3) is 0 Å². The van der Waals surface area contributed by atoms with Crippen molar-refractivity contribution in [3.63, 3.8) is 0 Å². The van der Waals surface area contributed by atoms with Crippen LogP contribution in [0.4, 0.5) is 0 Å². The molecule has 0 saturated heterocycles. The van der Waals surface area contributed by atoms with Crippen molar-refractivity contribution in [2.75, 3.05) is 6.54 Å². The highest BCUT2D eigenvalue weighted by Crippen LogP contribution is 2.58. The average molecular weight is 189 g/mol. The van der Waals surface area contributed by atoms with E-state index in [0.29, 0.717) is 5.41 Å². The quantitative estimate of drug-likeness (QED) is 0.776. The number of hydrogen-bond donors (Lipinski definition) is 1. The molecule has 76 valence electrons. The third kappa shape index (κ3) is 1.57. The molecule has 1 aromatic carbocycles. The number of rotatable bonds is 3. The minimum atomic E-state index is 0.463. The molecule has 1 nitrogen and oxygen atoms in total. The predicted molar refractivity (Wildman–Crippen MR) is 60.0 cm³/mol. The van der Waals surface area contributed by atoms with Gasteiger partial charge in [0.1, 0.15) is 0 Å². The third-order valence-electron chi connectivity index (χ3n) is 3.84. The SMILES string of the molecule is CC1(C)C(CN)C1Cc1ccccc1. The van der Waals surface area contributed by atoms with Crippen LogP contribution in [0, 0.1) is 17.3 Å². The molecule has 2 N–H and O–H groups in total. The zero-order valence-corrected chi connectivity index (χ0v) is 9.03. The van der Waals surface area contributed by atoms with Crippen molar-refractivity contribution < 1.29 is 0 Å². The molecule has 1 aliphatic carbocycles. The summed E-state index contributed by atoms with van der Waals surface area (Å²) in [5, 5.41) is 0. The summed E-state index contributed by atoms with van der Waals surface area (Å²) in [6.45, 7) is 5.50. The van der Waals surface area contributed by atoms with Gasteiger partial charge in [-0.3, -0.25) is 0 Å². The maximum absolute atomic E-state index is 5.75. The van der Waals surface area contributed by atoms with Crippen LogP contribution < -0.4 is 5.73 Å². The van der Waals surface area contributed by atoms with Crippen LogP contribution in [0.5, 0.6) is 0 Å². The Bertz CT molecular complexity index is 302. The van der Waals surface area contributed by atoms with Gasteiger partial charge in [0.25, 0.3) is 0 Å². The number of hydrogen-bond acceptors (Lipinski definition) is 1. The van der Waals surface area contributed by atoms with E-state index in [9.17, 15) is 0 Å². The van der Waals surface area contributed by atoms with Gasteiger partial charge in [0.05, 0.1) is 0 Å². The minimum Gasteiger partial charge on any atom is -0.330 e. The summed E-state index contributed by atoms with van der Waals surface area (Å²) in [6, 6.07) is 10.7. The maximum Gasteiger partial charge on any atom is -0.00407 e. The van der Waals surface area contributed by atoms with Crippen molar-refractivity contribution in [2.45, 2.75) is 20.3 Å². The van der Waals surface area contributed by atoms with Crippen molar-refractivity contribution in [3.05, 3.63) is 35.9 Å². The van der Waals surface area contributed by atoms with Crippen LogP contribution >= 0.6 is 0 Å². The minimum absolute atomic E-state index is 0.463. The first-order valence-electron chi connectivity index (χ1n) is 5.40. The van der Waals surface area contributed by atoms with Crippen LogP contribution in [0.2, 0.25) is 0 Å². The van der Waals surface area contributed by atoms with E-state index in [1.54, 1.807) is 0 Å². The lowest BCUT2D eigenvalue weighted by atomic mass is 10.0. The van der Waals surface area contributed by atoms with E-state index in [2.05, 4.69) is 44.2 Å². The van der Waals surface area contributed by atoms with Crippen LogP contribution in [0.15, 0.2) is 30.3 Å². The summed E-state index contributed by atoms with van der Waals surface area (Å²) in [7, 11) is 0. The van der Waals surface area contributed by atoms with Gasteiger partial charge in [-0.05, 0) is 35.8 Å². The van der Waals surface area contributed by atoms with Gasteiger partial charge < -0.3 is 5.73 Å². The zero-order valence-electron chi connectivity index (χ0n) is 9.03. The molecular formula is C13H19N. The van der Waals surface area contributed by atoms with E-state index in [1.165, 1.54) is 12.0 Å². The van der Waals surface area contributed by atoms with E-state index < -0.39 is 0 Å². The summed E-state index contributed by atoms with van der Waals surface area (Å²) >= 11 is 0. The molecule has 0 radical (unpaired) electrons. The Morgan fingerprint density at radius 1 is 1.14 bits per heavy atom. The highest BCUT2D eigenvalue weighted by molar-refractivity contribution is 5.19. The molecule has 2 unspecified atom stereocenters. The second-order valence-electron chi connectivity index (χ2n) is 4.96. The fraction of sp³-hybridized carbons (Fsp3) is 0.538. The topological polar surface area (TPSA) is 26.0 Å². The first kappa shape index (κ1) is 9.72. The van der Waals surface area contributed by atoms with Crippen molar-refractivity contribution >= 4 is 0 Å². The molecule has 1 fully saturated rings. The van der Waals surface area contributed by atoms with Gasteiger partial charge in [0.2, 0.25) is 0 Å². The van der Waals surface area contributed by atoms with Crippen molar-refractivity contribution in [3.8, 4) is 0 Å². The first-order chi connectivity index (χ1) is 6.66. The van der Waals surface area contributed by atoms with E-state index in [0.717, 1.165) is 18.4 Å². The monoisotopic (exact) mass is 189 g/mol. The van der Waals surface area contributed by atoms with Crippen LogP contribution in [0.3, 0.4) is 0 Å². The molecule has 1 aromatic rings.